The van der Waals surface area contributed by atoms with Gasteiger partial charge in [0, 0.05) is 49.7 Å². The van der Waals surface area contributed by atoms with E-state index >= 15 is 0 Å². The Bertz CT molecular complexity index is 1370. The van der Waals surface area contributed by atoms with Crippen LogP contribution in [0.1, 0.15) is 28.7 Å². The largest absolute Gasteiger partial charge is 0.258 e. The Morgan fingerprint density at radius 2 is 1.13 bits per heavy atom. The summed E-state index contributed by atoms with van der Waals surface area (Å²) in [5.74, 6) is 0. The number of allylic oxidation sites excluding steroid dienone is 5. The summed E-state index contributed by atoms with van der Waals surface area (Å²) < 4.78 is 5.52. The van der Waals surface area contributed by atoms with Crippen LogP contribution in [0, 0.1) is 20.8 Å². The Balaban J connectivity index is 0.000000324. The molecule has 0 N–H and O–H groups in total. The maximum absolute atomic E-state index is 5.52. The first-order chi connectivity index (χ1) is 18.5. The molecule has 1 aliphatic rings. The average molecular weight is 562 g/mol. The van der Waals surface area contributed by atoms with Crippen LogP contribution in [0.2, 0.25) is 0 Å². The number of benzene rings is 4. The van der Waals surface area contributed by atoms with E-state index in [1.54, 1.807) is 6.08 Å². The van der Waals surface area contributed by atoms with Crippen molar-refractivity contribution in [1.82, 2.24) is 0 Å². The van der Waals surface area contributed by atoms with Gasteiger partial charge in [0.15, 0.2) is 0 Å². The van der Waals surface area contributed by atoms with E-state index < -0.39 is 7.05 Å². The van der Waals surface area contributed by atoms with Gasteiger partial charge >= 0.3 is 0 Å². The topological polar surface area (TPSA) is 12.4 Å². The molecule has 0 amide bonds. The summed E-state index contributed by atoms with van der Waals surface area (Å²) in [6, 6.07) is 37.1. The molecule has 0 radical (unpaired) electrons. The summed E-state index contributed by atoms with van der Waals surface area (Å²) in [7, 11) is -2.15. The van der Waals surface area contributed by atoms with Gasteiger partial charge in [-0.15, -0.1) is 0 Å². The monoisotopic (exact) mass is 561 g/mol. The van der Waals surface area contributed by atoms with E-state index in [0.29, 0.717) is 0 Å². The molecule has 0 aliphatic heterocycles. The first-order valence-corrected chi connectivity index (χ1v) is 14.8. The summed E-state index contributed by atoms with van der Waals surface area (Å²) in [6.45, 7) is 10.0. The molecule has 1 nitrogen and oxygen atoms in total. The number of aryl methyl sites for hydroxylation is 3. The Labute approximate surface area is 249 Å². The van der Waals surface area contributed by atoms with Gasteiger partial charge in [-0.3, -0.25) is 4.74 Å². The van der Waals surface area contributed by atoms with E-state index in [1.807, 2.05) is 30.4 Å². The van der Waals surface area contributed by atoms with Gasteiger partial charge in [-0.05, 0) is 32.4 Å². The average Bonchev–Trinajstić information content (AvgIpc) is 3.46. The Hall–Kier alpha value is -3.22. The fourth-order valence-corrected chi connectivity index (χ4v) is 7.86. The van der Waals surface area contributed by atoms with Crippen molar-refractivity contribution < 1.29 is 21.7 Å². The summed E-state index contributed by atoms with van der Waals surface area (Å²) in [4.78, 5) is 0. The zero-order chi connectivity index (χ0) is 26.8. The van der Waals surface area contributed by atoms with Crippen molar-refractivity contribution in [3.05, 3.63) is 168 Å². The normalized spacial score (nSPS) is 12.2. The summed E-state index contributed by atoms with van der Waals surface area (Å²) >= 11 is 0. The molecular formula is C36H36NPTi. The van der Waals surface area contributed by atoms with Gasteiger partial charge in [-0.25, -0.2) is 0 Å². The van der Waals surface area contributed by atoms with Gasteiger partial charge < -0.3 is 0 Å². The molecule has 0 bridgehead atoms. The molecule has 1 aliphatic carbocycles. The summed E-state index contributed by atoms with van der Waals surface area (Å²) in [5.41, 5.74) is 6.20. The zero-order valence-electron chi connectivity index (χ0n) is 23.1. The predicted molar refractivity (Wildman–Crippen MR) is 169 cm³/mol. The minimum absolute atomic E-state index is 0. The molecule has 0 spiro atoms. The number of nitrogens with zero attached hydrogens (tertiary/aromatic N) is 1. The van der Waals surface area contributed by atoms with Gasteiger partial charge in [0.05, 0.1) is 7.05 Å². The second-order valence-corrected chi connectivity index (χ2v) is 12.6. The van der Waals surface area contributed by atoms with E-state index in [4.69, 9.17) is 4.74 Å². The van der Waals surface area contributed by atoms with E-state index in [9.17, 15) is 0 Å². The van der Waals surface area contributed by atoms with Crippen LogP contribution in [0.3, 0.4) is 0 Å². The van der Waals surface area contributed by atoms with Crippen LogP contribution in [0.4, 0.5) is 0 Å². The van der Waals surface area contributed by atoms with Crippen molar-refractivity contribution in [3.8, 4) is 0 Å². The Morgan fingerprint density at radius 3 is 1.51 bits per heavy atom. The molecule has 0 saturated heterocycles. The summed E-state index contributed by atoms with van der Waals surface area (Å²) in [5, 5.41) is 3.91. The second-order valence-electron chi connectivity index (χ2n) is 9.54. The Morgan fingerprint density at radius 1 is 0.667 bits per heavy atom. The first kappa shape index (κ1) is 30.3. The van der Waals surface area contributed by atoms with Gasteiger partial charge in [-0.2, -0.15) is 0 Å². The van der Waals surface area contributed by atoms with Crippen LogP contribution in [0.5, 0.6) is 0 Å². The predicted octanol–water partition coefficient (Wildman–Crippen LogP) is 8.82. The van der Waals surface area contributed by atoms with E-state index in [2.05, 4.69) is 131 Å². The van der Waals surface area contributed by atoms with Crippen LogP contribution in [0.25, 0.3) is 6.08 Å². The second kappa shape index (κ2) is 14.8. The van der Waals surface area contributed by atoms with Gasteiger partial charge in [-0.1, -0.05) is 157 Å². The standard InChI is InChI=1S/C26H26NP.C10H10.Ti/c1-20-8-14-24(15-9-20)28(27-23-6-4-5-7-23,25-16-10-21(2)11-17-25)26-18-12-22(3)13-19-26;1-2-3-7-10-8-5-4-6-9-10;/h4-6,8-19H,7H2,1-3H3;2-9H,1H2;. The fraction of sp³-hybridized carbons (Fsp3) is 0.111. The minimum Gasteiger partial charge on any atom is -0.258 e. The zero-order valence-corrected chi connectivity index (χ0v) is 25.5. The Kier molecular flexibility index (Phi) is 11.5. The molecule has 3 heteroatoms. The first-order valence-electron chi connectivity index (χ1n) is 13.0. The van der Waals surface area contributed by atoms with Crippen LogP contribution >= 0.6 is 7.05 Å². The number of rotatable bonds is 6. The van der Waals surface area contributed by atoms with Crippen molar-refractivity contribution in [1.29, 1.82) is 0 Å². The van der Waals surface area contributed by atoms with E-state index in [1.165, 1.54) is 38.2 Å². The van der Waals surface area contributed by atoms with Crippen LogP contribution in [0.15, 0.2) is 151 Å². The van der Waals surface area contributed by atoms with E-state index in [0.717, 1.165) is 12.1 Å². The van der Waals surface area contributed by atoms with Crippen LogP contribution < -0.4 is 15.9 Å². The molecule has 4 aromatic carbocycles. The van der Waals surface area contributed by atoms with Crippen LogP contribution in [-0.2, 0) is 21.7 Å². The molecule has 5 rings (SSSR count). The molecule has 0 unspecified atom stereocenters. The SMILES string of the molecule is C=CC=Cc1ccccc1.Cc1ccc(P(=NC2=CC=CC2)(c2ccc(C)cc2)c2ccc(C)cc2)cc1.[Ti]. The molecule has 194 valence electrons. The molecule has 0 fully saturated rings. The van der Waals surface area contributed by atoms with Crippen LogP contribution in [-0.4, -0.2) is 0 Å². The summed E-state index contributed by atoms with van der Waals surface area (Å²) in [6.07, 6.45) is 13.1. The molecule has 4 aromatic rings. The molecular weight excluding hydrogens is 525 g/mol. The molecule has 0 heterocycles. The van der Waals surface area contributed by atoms with E-state index in [-0.39, 0.29) is 21.7 Å². The fourth-order valence-electron chi connectivity index (χ4n) is 4.35. The third-order valence-corrected chi connectivity index (χ3v) is 10.2. The number of hydrogen-bond acceptors (Lipinski definition) is 1. The van der Waals surface area contributed by atoms with Crippen molar-refractivity contribution in [2.24, 2.45) is 4.74 Å². The number of hydrogen-bond donors (Lipinski definition) is 0. The molecule has 0 aromatic heterocycles. The third-order valence-electron chi connectivity index (χ3n) is 6.48. The van der Waals surface area contributed by atoms with Gasteiger partial charge in [0.25, 0.3) is 0 Å². The molecule has 39 heavy (non-hydrogen) atoms. The smallest absolute Gasteiger partial charge is 0.0608 e. The maximum Gasteiger partial charge on any atom is 0.0608 e. The minimum atomic E-state index is -2.15. The van der Waals surface area contributed by atoms with Crippen molar-refractivity contribution >= 4 is 29.0 Å². The van der Waals surface area contributed by atoms with Crippen molar-refractivity contribution in [2.75, 3.05) is 0 Å². The quantitative estimate of drug-likeness (QED) is 0.127. The van der Waals surface area contributed by atoms with Gasteiger partial charge in [0.2, 0.25) is 0 Å². The molecule has 0 saturated carbocycles. The van der Waals surface area contributed by atoms with Gasteiger partial charge in [0.1, 0.15) is 0 Å². The third kappa shape index (κ3) is 7.90. The molecule has 0 atom stereocenters. The van der Waals surface area contributed by atoms with Crippen molar-refractivity contribution in [2.45, 2.75) is 27.2 Å². The van der Waals surface area contributed by atoms with Crippen molar-refractivity contribution in [3.63, 3.8) is 0 Å². The maximum atomic E-state index is 5.52.